The number of cyclic esters (lactones) is 1. The minimum absolute atomic E-state index is 0.319. The number of rotatable bonds is 2. The van der Waals surface area contributed by atoms with Crippen LogP contribution < -0.4 is 5.48 Å². The Morgan fingerprint density at radius 3 is 2.67 bits per heavy atom. The number of hydroxylamine groups is 1. The largest absolute Gasteiger partial charge is 0.464 e. The molecule has 0 aliphatic carbocycles. The molecule has 0 bridgehead atoms. The molecule has 6 nitrogen and oxygen atoms in total. The maximum absolute atomic E-state index is 11.1. The van der Waals surface area contributed by atoms with E-state index >= 15 is 0 Å². The molecule has 0 unspecified atom stereocenters. The van der Waals surface area contributed by atoms with Crippen molar-refractivity contribution >= 4 is 12.1 Å². The molecule has 1 fully saturated rings. The van der Waals surface area contributed by atoms with E-state index in [9.17, 15) is 9.59 Å². The zero-order valence-corrected chi connectivity index (χ0v) is 9.03. The lowest BCUT2D eigenvalue weighted by Crippen LogP contribution is -2.36. The lowest BCUT2D eigenvalue weighted by molar-refractivity contribution is -0.150. The summed E-state index contributed by atoms with van der Waals surface area (Å²) in [5.41, 5.74) is 1.46. The quantitative estimate of drug-likeness (QED) is 0.546. The molecule has 6 heteroatoms. The predicted molar refractivity (Wildman–Crippen MR) is 49.8 cm³/mol. The van der Waals surface area contributed by atoms with Gasteiger partial charge in [0.2, 0.25) is 0 Å². The average Bonchev–Trinajstić information content (AvgIpc) is 2.44. The fourth-order valence-corrected chi connectivity index (χ4v) is 1.00. The van der Waals surface area contributed by atoms with Gasteiger partial charge in [-0.15, -0.1) is 0 Å². The summed E-state index contributed by atoms with van der Waals surface area (Å²) < 4.78 is 9.55. The summed E-state index contributed by atoms with van der Waals surface area (Å²) in [6.07, 6.45) is -1.01. The van der Waals surface area contributed by atoms with Gasteiger partial charge < -0.3 is 9.47 Å². The SMILES string of the molecule is CC(C)(C)OC(=O)NO[C@H]1CCOC1=O. The lowest BCUT2D eigenvalue weighted by atomic mass is 10.2. The molecule has 0 aromatic carbocycles. The van der Waals surface area contributed by atoms with Crippen molar-refractivity contribution in [3.05, 3.63) is 0 Å². The van der Waals surface area contributed by atoms with E-state index in [1.54, 1.807) is 20.8 Å². The van der Waals surface area contributed by atoms with Crippen LogP contribution in [0.15, 0.2) is 0 Å². The zero-order valence-electron chi connectivity index (χ0n) is 9.03. The van der Waals surface area contributed by atoms with E-state index in [2.05, 4.69) is 4.74 Å². The number of carbonyl (C=O) groups is 2. The van der Waals surface area contributed by atoms with Gasteiger partial charge >= 0.3 is 12.1 Å². The molecule has 1 aliphatic rings. The van der Waals surface area contributed by atoms with Gasteiger partial charge in [0.05, 0.1) is 6.61 Å². The summed E-state index contributed by atoms with van der Waals surface area (Å²) in [5, 5.41) is 0. The third kappa shape index (κ3) is 4.16. The Morgan fingerprint density at radius 2 is 2.20 bits per heavy atom. The molecule has 0 aromatic rings. The molecular weight excluding hydrogens is 202 g/mol. The van der Waals surface area contributed by atoms with E-state index < -0.39 is 23.8 Å². The molecule has 1 N–H and O–H groups in total. The monoisotopic (exact) mass is 217 g/mol. The Morgan fingerprint density at radius 1 is 1.53 bits per heavy atom. The van der Waals surface area contributed by atoms with E-state index in [0.717, 1.165) is 0 Å². The summed E-state index contributed by atoms with van der Waals surface area (Å²) in [7, 11) is 0. The molecule has 0 saturated carbocycles. The van der Waals surface area contributed by atoms with Crippen molar-refractivity contribution in [3.63, 3.8) is 0 Å². The van der Waals surface area contributed by atoms with Crippen LogP contribution >= 0.6 is 0 Å². The molecule has 1 aliphatic heterocycles. The first kappa shape index (κ1) is 11.8. The molecule has 1 atom stereocenters. The first-order valence-electron chi connectivity index (χ1n) is 4.70. The number of ether oxygens (including phenoxy) is 2. The molecule has 0 radical (unpaired) electrons. The minimum Gasteiger partial charge on any atom is -0.464 e. The molecule has 1 saturated heterocycles. The molecule has 0 aromatic heterocycles. The second-order valence-electron chi connectivity index (χ2n) is 4.17. The Hall–Kier alpha value is -1.30. The van der Waals surface area contributed by atoms with E-state index in [1.807, 2.05) is 5.48 Å². The number of hydrogen-bond donors (Lipinski definition) is 1. The third-order valence-corrected chi connectivity index (χ3v) is 1.57. The van der Waals surface area contributed by atoms with E-state index in [4.69, 9.17) is 9.57 Å². The number of nitrogens with one attached hydrogen (secondary N) is 1. The number of hydrogen-bond acceptors (Lipinski definition) is 5. The van der Waals surface area contributed by atoms with E-state index in [-0.39, 0.29) is 0 Å². The van der Waals surface area contributed by atoms with Gasteiger partial charge in [-0.3, -0.25) is 4.84 Å². The lowest BCUT2D eigenvalue weighted by Gasteiger charge is -2.19. The van der Waals surface area contributed by atoms with Crippen molar-refractivity contribution in [3.8, 4) is 0 Å². The zero-order chi connectivity index (χ0) is 11.5. The van der Waals surface area contributed by atoms with E-state index in [1.165, 1.54) is 0 Å². The summed E-state index contributed by atoms with van der Waals surface area (Å²) in [6, 6.07) is 0. The summed E-state index contributed by atoms with van der Waals surface area (Å²) in [6.45, 7) is 5.52. The van der Waals surface area contributed by atoms with Crippen LogP contribution in [0, 0.1) is 0 Å². The van der Waals surface area contributed by atoms with Gasteiger partial charge in [0.25, 0.3) is 0 Å². The number of amides is 1. The van der Waals surface area contributed by atoms with Crippen LogP contribution in [0.1, 0.15) is 27.2 Å². The number of esters is 1. The van der Waals surface area contributed by atoms with Gasteiger partial charge in [0, 0.05) is 6.42 Å². The second-order valence-corrected chi connectivity index (χ2v) is 4.17. The maximum atomic E-state index is 11.1. The Bertz CT molecular complexity index is 258. The van der Waals surface area contributed by atoms with Crippen LogP contribution in [0.4, 0.5) is 4.79 Å². The van der Waals surface area contributed by atoms with Gasteiger partial charge in [-0.2, -0.15) is 5.48 Å². The Balaban J connectivity index is 2.25. The van der Waals surface area contributed by atoms with Crippen molar-refractivity contribution < 1.29 is 23.9 Å². The van der Waals surface area contributed by atoms with Gasteiger partial charge in [0.1, 0.15) is 5.60 Å². The average molecular weight is 217 g/mol. The molecule has 1 rings (SSSR count). The number of carbonyl (C=O) groups excluding carboxylic acids is 2. The van der Waals surface area contributed by atoms with Crippen molar-refractivity contribution in [1.82, 2.24) is 5.48 Å². The summed E-state index contributed by atoms with van der Waals surface area (Å²) in [4.78, 5) is 26.9. The van der Waals surface area contributed by atoms with Crippen molar-refractivity contribution in [2.24, 2.45) is 0 Å². The van der Waals surface area contributed by atoms with Crippen LogP contribution in [0.5, 0.6) is 0 Å². The van der Waals surface area contributed by atoms with Crippen LogP contribution in [0.3, 0.4) is 0 Å². The maximum Gasteiger partial charge on any atom is 0.431 e. The molecule has 1 heterocycles. The first-order valence-corrected chi connectivity index (χ1v) is 4.70. The summed E-state index contributed by atoms with van der Waals surface area (Å²) in [5.74, 6) is -0.467. The normalized spacial score (nSPS) is 21.0. The standard InChI is InChI=1S/C9H15NO5/c1-9(2,3)14-8(12)10-15-6-4-5-13-7(6)11/h6H,4-5H2,1-3H3,(H,10,12)/t6-/m0/s1. The van der Waals surface area contributed by atoms with Gasteiger partial charge in [0.15, 0.2) is 6.10 Å². The minimum atomic E-state index is -0.725. The second kappa shape index (κ2) is 4.48. The van der Waals surface area contributed by atoms with Crippen molar-refractivity contribution in [1.29, 1.82) is 0 Å². The van der Waals surface area contributed by atoms with Crippen LogP contribution in [-0.2, 0) is 19.1 Å². The third-order valence-electron chi connectivity index (χ3n) is 1.57. The summed E-state index contributed by atoms with van der Waals surface area (Å²) >= 11 is 0. The molecular formula is C9H15NO5. The highest BCUT2D eigenvalue weighted by molar-refractivity contribution is 5.76. The molecule has 0 spiro atoms. The van der Waals surface area contributed by atoms with Crippen LogP contribution in [-0.4, -0.2) is 30.4 Å². The van der Waals surface area contributed by atoms with Crippen molar-refractivity contribution in [2.45, 2.75) is 38.9 Å². The smallest absolute Gasteiger partial charge is 0.431 e. The highest BCUT2D eigenvalue weighted by Crippen LogP contribution is 2.10. The van der Waals surface area contributed by atoms with E-state index in [0.29, 0.717) is 13.0 Å². The van der Waals surface area contributed by atoms with Crippen molar-refractivity contribution in [2.75, 3.05) is 6.61 Å². The van der Waals surface area contributed by atoms with Gasteiger partial charge in [-0.25, -0.2) is 9.59 Å². The van der Waals surface area contributed by atoms with Gasteiger partial charge in [-0.05, 0) is 20.8 Å². The molecule has 15 heavy (non-hydrogen) atoms. The fraction of sp³-hybridized carbons (Fsp3) is 0.778. The molecule has 1 amide bonds. The Kier molecular flexibility index (Phi) is 3.52. The fourth-order valence-electron chi connectivity index (χ4n) is 1.00. The predicted octanol–water partition coefficient (Wildman–Crippen LogP) is 0.758. The van der Waals surface area contributed by atoms with Crippen LogP contribution in [0.2, 0.25) is 0 Å². The highest BCUT2D eigenvalue weighted by Gasteiger charge is 2.29. The topological polar surface area (TPSA) is 73.9 Å². The van der Waals surface area contributed by atoms with Crippen LogP contribution in [0.25, 0.3) is 0 Å². The van der Waals surface area contributed by atoms with Gasteiger partial charge in [-0.1, -0.05) is 0 Å². The Labute approximate surface area is 87.8 Å². The first-order chi connectivity index (χ1) is 6.88. The highest BCUT2D eigenvalue weighted by atomic mass is 16.7. The molecule has 86 valence electrons.